The maximum atomic E-state index is 4.49. The molecule has 2 rings (SSSR count). The van der Waals surface area contributed by atoms with Crippen molar-refractivity contribution >= 4 is 10.9 Å². The average molecular weight is 226 g/mol. The second kappa shape index (κ2) is 5.60. The third-order valence-corrected chi connectivity index (χ3v) is 2.75. The van der Waals surface area contributed by atoms with Gasteiger partial charge in [0.2, 0.25) is 0 Å². The Labute approximate surface area is 102 Å². The smallest absolute Gasteiger partial charge is 0.0705 e. The summed E-state index contributed by atoms with van der Waals surface area (Å²) in [4.78, 5) is 4.49. The molecule has 1 N–H and O–H groups in total. The number of pyridine rings is 1. The van der Waals surface area contributed by atoms with E-state index in [1.165, 1.54) is 10.9 Å². The van der Waals surface area contributed by atoms with Gasteiger partial charge in [0.1, 0.15) is 0 Å². The monoisotopic (exact) mass is 226 g/mol. The van der Waals surface area contributed by atoms with E-state index in [1.54, 1.807) is 0 Å². The van der Waals surface area contributed by atoms with Gasteiger partial charge in [-0.05, 0) is 43.7 Å². The van der Waals surface area contributed by atoms with Crippen molar-refractivity contribution in [2.24, 2.45) is 0 Å². The van der Waals surface area contributed by atoms with Crippen LogP contribution >= 0.6 is 0 Å². The molecule has 0 saturated carbocycles. The van der Waals surface area contributed by atoms with Crippen molar-refractivity contribution in [3.63, 3.8) is 0 Å². The molecular weight excluding hydrogens is 208 g/mol. The first kappa shape index (κ1) is 11.8. The van der Waals surface area contributed by atoms with Crippen molar-refractivity contribution in [2.75, 3.05) is 6.54 Å². The van der Waals surface area contributed by atoms with Crippen LogP contribution in [0.5, 0.6) is 0 Å². The molecule has 0 atom stereocenters. The summed E-state index contributed by atoms with van der Waals surface area (Å²) in [6.45, 7) is 7.60. The van der Waals surface area contributed by atoms with Crippen LogP contribution in [0.25, 0.3) is 10.9 Å². The quantitative estimate of drug-likeness (QED) is 0.625. The molecule has 0 aliphatic rings. The van der Waals surface area contributed by atoms with Gasteiger partial charge in [-0.2, -0.15) is 0 Å². The summed E-state index contributed by atoms with van der Waals surface area (Å²) < 4.78 is 0. The molecule has 0 fully saturated rings. The predicted octanol–water partition coefficient (Wildman–Crippen LogP) is 3.21. The first-order chi connectivity index (χ1) is 8.29. The number of aryl methyl sites for hydroxylation is 1. The number of rotatable bonds is 5. The minimum Gasteiger partial charge on any atom is -0.312 e. The third kappa shape index (κ3) is 3.14. The van der Waals surface area contributed by atoms with Gasteiger partial charge >= 0.3 is 0 Å². The molecule has 17 heavy (non-hydrogen) atoms. The van der Waals surface area contributed by atoms with Crippen LogP contribution in [-0.4, -0.2) is 11.5 Å². The van der Waals surface area contributed by atoms with Crippen LogP contribution in [0.1, 0.15) is 17.7 Å². The molecule has 0 amide bonds. The largest absolute Gasteiger partial charge is 0.312 e. The van der Waals surface area contributed by atoms with Gasteiger partial charge in [-0.1, -0.05) is 18.2 Å². The van der Waals surface area contributed by atoms with Crippen molar-refractivity contribution in [3.05, 3.63) is 54.2 Å². The number of hydrogen-bond acceptors (Lipinski definition) is 2. The standard InChI is InChI=1S/C15H18N2/c1-3-4-9-16-11-13-6-8-15-14(10-13)7-5-12(2)17-15/h3,5-8,10,16H,1,4,9,11H2,2H3. The molecule has 1 heterocycles. The Kier molecular flexibility index (Phi) is 3.89. The second-order valence-electron chi connectivity index (χ2n) is 4.23. The number of fused-ring (bicyclic) bond motifs is 1. The molecule has 1 aromatic heterocycles. The number of hydrogen-bond donors (Lipinski definition) is 1. The molecule has 0 aliphatic heterocycles. The third-order valence-electron chi connectivity index (χ3n) is 2.75. The fraction of sp³-hybridized carbons (Fsp3) is 0.267. The van der Waals surface area contributed by atoms with Crippen LogP contribution < -0.4 is 5.32 Å². The lowest BCUT2D eigenvalue weighted by atomic mass is 10.1. The maximum absolute atomic E-state index is 4.49. The molecule has 0 spiro atoms. The molecule has 88 valence electrons. The fourth-order valence-electron chi connectivity index (χ4n) is 1.82. The molecule has 2 heteroatoms. The SMILES string of the molecule is C=CCCNCc1ccc2nc(C)ccc2c1. The van der Waals surface area contributed by atoms with Gasteiger partial charge in [-0.3, -0.25) is 4.98 Å². The van der Waals surface area contributed by atoms with Crippen molar-refractivity contribution in [1.82, 2.24) is 10.3 Å². The summed E-state index contributed by atoms with van der Waals surface area (Å²) >= 11 is 0. The molecule has 2 aromatic rings. The van der Waals surface area contributed by atoms with Crippen LogP contribution in [0, 0.1) is 6.92 Å². The first-order valence-electron chi connectivity index (χ1n) is 5.97. The number of benzene rings is 1. The Morgan fingerprint density at radius 2 is 2.18 bits per heavy atom. The lowest BCUT2D eigenvalue weighted by molar-refractivity contribution is 0.696. The minimum atomic E-state index is 0.900. The highest BCUT2D eigenvalue weighted by atomic mass is 14.8. The molecular formula is C15H18N2. The van der Waals surface area contributed by atoms with E-state index in [0.29, 0.717) is 0 Å². The number of nitrogens with one attached hydrogen (secondary N) is 1. The first-order valence-corrected chi connectivity index (χ1v) is 5.97. The van der Waals surface area contributed by atoms with Gasteiger partial charge in [-0.15, -0.1) is 6.58 Å². The van der Waals surface area contributed by atoms with E-state index in [1.807, 2.05) is 13.0 Å². The topological polar surface area (TPSA) is 24.9 Å². The highest BCUT2D eigenvalue weighted by Gasteiger charge is 1.97. The van der Waals surface area contributed by atoms with Crippen LogP contribution in [0.3, 0.4) is 0 Å². The van der Waals surface area contributed by atoms with Gasteiger partial charge in [-0.25, -0.2) is 0 Å². The highest BCUT2D eigenvalue weighted by molar-refractivity contribution is 5.79. The summed E-state index contributed by atoms with van der Waals surface area (Å²) in [6.07, 6.45) is 2.94. The van der Waals surface area contributed by atoms with Crippen LogP contribution in [0.2, 0.25) is 0 Å². The summed E-state index contributed by atoms with van der Waals surface area (Å²) in [6, 6.07) is 10.6. The molecule has 0 saturated heterocycles. The van der Waals surface area contributed by atoms with E-state index in [2.05, 4.69) is 47.2 Å². The van der Waals surface area contributed by atoms with Crippen molar-refractivity contribution in [1.29, 1.82) is 0 Å². The summed E-state index contributed by atoms with van der Waals surface area (Å²) in [5.74, 6) is 0. The van der Waals surface area contributed by atoms with Crippen LogP contribution in [0.4, 0.5) is 0 Å². The van der Waals surface area contributed by atoms with Gasteiger partial charge < -0.3 is 5.32 Å². The van der Waals surface area contributed by atoms with Crippen molar-refractivity contribution in [3.8, 4) is 0 Å². The summed E-state index contributed by atoms with van der Waals surface area (Å²) in [5, 5.41) is 4.59. The van der Waals surface area contributed by atoms with E-state index >= 15 is 0 Å². The fourth-order valence-corrected chi connectivity index (χ4v) is 1.82. The lowest BCUT2D eigenvalue weighted by Gasteiger charge is -2.05. The molecule has 1 aromatic carbocycles. The van der Waals surface area contributed by atoms with Crippen LogP contribution in [0.15, 0.2) is 43.0 Å². The van der Waals surface area contributed by atoms with Crippen molar-refractivity contribution < 1.29 is 0 Å². The van der Waals surface area contributed by atoms with E-state index in [4.69, 9.17) is 0 Å². The Morgan fingerprint density at radius 3 is 3.00 bits per heavy atom. The van der Waals surface area contributed by atoms with Gasteiger partial charge in [0, 0.05) is 17.6 Å². The van der Waals surface area contributed by atoms with Gasteiger partial charge in [0.25, 0.3) is 0 Å². The van der Waals surface area contributed by atoms with Gasteiger partial charge in [0.05, 0.1) is 5.52 Å². The summed E-state index contributed by atoms with van der Waals surface area (Å²) in [5.41, 5.74) is 3.43. The molecule has 0 bridgehead atoms. The Hall–Kier alpha value is -1.67. The molecule has 0 aliphatic carbocycles. The predicted molar refractivity (Wildman–Crippen MR) is 73.0 cm³/mol. The number of nitrogens with zero attached hydrogens (tertiary/aromatic N) is 1. The zero-order valence-electron chi connectivity index (χ0n) is 10.2. The number of aromatic nitrogens is 1. The van der Waals surface area contributed by atoms with Crippen LogP contribution in [-0.2, 0) is 6.54 Å². The summed E-state index contributed by atoms with van der Waals surface area (Å²) in [7, 11) is 0. The molecule has 0 radical (unpaired) electrons. The average Bonchev–Trinajstić information content (AvgIpc) is 2.35. The molecule has 2 nitrogen and oxygen atoms in total. The van der Waals surface area contributed by atoms with E-state index in [9.17, 15) is 0 Å². The van der Waals surface area contributed by atoms with Crippen molar-refractivity contribution in [2.45, 2.75) is 19.9 Å². The lowest BCUT2D eigenvalue weighted by Crippen LogP contribution is -2.13. The Bertz CT molecular complexity index is 517. The van der Waals surface area contributed by atoms with E-state index in [0.717, 1.165) is 30.7 Å². The normalized spacial score (nSPS) is 10.6. The second-order valence-corrected chi connectivity index (χ2v) is 4.23. The maximum Gasteiger partial charge on any atom is 0.0705 e. The zero-order valence-corrected chi connectivity index (χ0v) is 10.2. The van der Waals surface area contributed by atoms with E-state index in [-0.39, 0.29) is 0 Å². The zero-order chi connectivity index (χ0) is 12.1. The Morgan fingerprint density at radius 1 is 1.29 bits per heavy atom. The molecule has 0 unspecified atom stereocenters. The minimum absolute atomic E-state index is 0.900. The highest BCUT2D eigenvalue weighted by Crippen LogP contribution is 2.14. The van der Waals surface area contributed by atoms with Gasteiger partial charge in [0.15, 0.2) is 0 Å². The van der Waals surface area contributed by atoms with E-state index < -0.39 is 0 Å². The Balaban J connectivity index is 2.09.